The largest absolute Gasteiger partial charge is 0.481 e. The first-order valence-electron chi connectivity index (χ1n) is 6.37. The molecule has 0 aliphatic rings. The molecule has 1 aromatic heterocycles. The van der Waals surface area contributed by atoms with E-state index in [9.17, 15) is 9.59 Å². The molecule has 0 radical (unpaired) electrons. The number of carbonyl (C=O) groups excluding carboxylic acids is 1. The monoisotopic (exact) mass is 267 g/mol. The van der Waals surface area contributed by atoms with Crippen LogP contribution >= 0.6 is 0 Å². The second-order valence-electron chi connectivity index (χ2n) is 5.21. The molecule has 106 valence electrons. The Balaban J connectivity index is 2.50. The van der Waals surface area contributed by atoms with Gasteiger partial charge >= 0.3 is 5.97 Å². The number of amides is 1. The third-order valence-corrected chi connectivity index (χ3v) is 2.79. The summed E-state index contributed by atoms with van der Waals surface area (Å²) in [5.74, 6) is -0.689. The first kappa shape index (κ1) is 15.2. The lowest BCUT2D eigenvalue weighted by atomic mass is 9.94. The molecule has 0 spiro atoms. The van der Waals surface area contributed by atoms with E-state index in [2.05, 4.69) is 10.4 Å². The molecule has 0 unspecified atom stereocenters. The zero-order valence-corrected chi connectivity index (χ0v) is 11.6. The van der Waals surface area contributed by atoms with Crippen molar-refractivity contribution in [3.05, 3.63) is 18.0 Å². The molecular weight excluding hydrogens is 246 g/mol. The van der Waals surface area contributed by atoms with Crippen molar-refractivity contribution in [2.24, 2.45) is 18.9 Å². The predicted octanol–water partition coefficient (Wildman–Crippen LogP) is 1.29. The van der Waals surface area contributed by atoms with Crippen molar-refractivity contribution in [3.63, 3.8) is 0 Å². The minimum absolute atomic E-state index is 0.0434. The molecule has 1 amide bonds. The first-order valence-corrected chi connectivity index (χ1v) is 6.37. The maximum absolute atomic E-state index is 11.8. The number of hydrogen-bond donors (Lipinski definition) is 2. The predicted molar refractivity (Wildman–Crippen MR) is 70.7 cm³/mol. The molecule has 0 fully saturated rings. The fraction of sp³-hybridized carbons (Fsp3) is 0.615. The van der Waals surface area contributed by atoms with E-state index in [4.69, 9.17) is 5.11 Å². The number of carbonyl (C=O) groups is 2. The van der Waals surface area contributed by atoms with Gasteiger partial charge in [-0.1, -0.05) is 13.8 Å². The SMILES string of the molecule is CC(C)C[C@H](CNC(=O)c1cnn(C)c1)CC(=O)O. The highest BCUT2D eigenvalue weighted by atomic mass is 16.4. The summed E-state index contributed by atoms with van der Waals surface area (Å²) in [5.41, 5.74) is 0.487. The fourth-order valence-electron chi connectivity index (χ4n) is 2.03. The quantitative estimate of drug-likeness (QED) is 0.779. The van der Waals surface area contributed by atoms with Crippen LogP contribution in [0.15, 0.2) is 12.4 Å². The van der Waals surface area contributed by atoms with Crippen LogP contribution in [0.1, 0.15) is 37.0 Å². The number of rotatable bonds is 7. The minimum Gasteiger partial charge on any atom is -0.481 e. The molecule has 19 heavy (non-hydrogen) atoms. The van der Waals surface area contributed by atoms with E-state index in [1.165, 1.54) is 6.20 Å². The number of nitrogens with one attached hydrogen (secondary N) is 1. The van der Waals surface area contributed by atoms with E-state index in [-0.39, 0.29) is 18.2 Å². The third-order valence-electron chi connectivity index (χ3n) is 2.79. The van der Waals surface area contributed by atoms with Crippen LogP contribution in [-0.4, -0.2) is 33.3 Å². The van der Waals surface area contributed by atoms with Crippen LogP contribution in [0.4, 0.5) is 0 Å². The second kappa shape index (κ2) is 6.92. The number of aryl methyl sites for hydroxylation is 1. The smallest absolute Gasteiger partial charge is 0.303 e. The van der Waals surface area contributed by atoms with Crippen LogP contribution < -0.4 is 5.32 Å². The van der Waals surface area contributed by atoms with E-state index in [1.54, 1.807) is 17.9 Å². The summed E-state index contributed by atoms with van der Waals surface area (Å²) in [4.78, 5) is 22.6. The molecule has 1 rings (SSSR count). The topological polar surface area (TPSA) is 84.2 Å². The Morgan fingerprint density at radius 3 is 2.63 bits per heavy atom. The molecule has 6 heteroatoms. The van der Waals surface area contributed by atoms with Gasteiger partial charge in [0.05, 0.1) is 11.8 Å². The van der Waals surface area contributed by atoms with Gasteiger partial charge in [-0.25, -0.2) is 0 Å². The molecule has 6 nitrogen and oxygen atoms in total. The van der Waals surface area contributed by atoms with Crippen LogP contribution in [0, 0.1) is 11.8 Å². The zero-order chi connectivity index (χ0) is 14.4. The lowest BCUT2D eigenvalue weighted by molar-refractivity contribution is -0.138. The first-order chi connectivity index (χ1) is 8.88. The van der Waals surface area contributed by atoms with Crippen molar-refractivity contribution in [2.75, 3.05) is 6.54 Å². The van der Waals surface area contributed by atoms with Crippen LogP contribution in [0.3, 0.4) is 0 Å². The van der Waals surface area contributed by atoms with Gasteiger partial charge in [0.15, 0.2) is 0 Å². The van der Waals surface area contributed by atoms with E-state index < -0.39 is 5.97 Å². The second-order valence-corrected chi connectivity index (χ2v) is 5.21. The molecule has 1 aromatic rings. The highest BCUT2D eigenvalue weighted by Crippen LogP contribution is 2.14. The van der Waals surface area contributed by atoms with Gasteiger partial charge in [-0.3, -0.25) is 14.3 Å². The summed E-state index contributed by atoms with van der Waals surface area (Å²) < 4.78 is 1.55. The standard InChI is InChI=1S/C13H21N3O3/c1-9(2)4-10(5-12(17)18)6-14-13(19)11-7-15-16(3)8-11/h7-10H,4-6H2,1-3H3,(H,14,19)(H,17,18)/t10-/m0/s1. The lowest BCUT2D eigenvalue weighted by Gasteiger charge is -2.17. The van der Waals surface area contributed by atoms with Crippen LogP contribution in [0.25, 0.3) is 0 Å². The molecule has 0 aliphatic carbocycles. The van der Waals surface area contributed by atoms with Crippen molar-refractivity contribution in [1.82, 2.24) is 15.1 Å². The molecule has 0 saturated heterocycles. The Morgan fingerprint density at radius 1 is 1.47 bits per heavy atom. The van der Waals surface area contributed by atoms with E-state index >= 15 is 0 Å². The van der Waals surface area contributed by atoms with Crippen LogP contribution in [-0.2, 0) is 11.8 Å². The minimum atomic E-state index is -0.832. The summed E-state index contributed by atoms with van der Waals surface area (Å²) in [7, 11) is 1.74. The number of carboxylic acid groups (broad SMARTS) is 1. The fourth-order valence-corrected chi connectivity index (χ4v) is 2.03. The summed E-state index contributed by atoms with van der Waals surface area (Å²) in [6.07, 6.45) is 3.97. The summed E-state index contributed by atoms with van der Waals surface area (Å²) in [6.45, 7) is 4.45. The summed E-state index contributed by atoms with van der Waals surface area (Å²) >= 11 is 0. The number of hydrogen-bond acceptors (Lipinski definition) is 3. The highest BCUT2D eigenvalue weighted by molar-refractivity contribution is 5.93. The molecule has 1 atom stereocenters. The number of nitrogens with zero attached hydrogens (tertiary/aromatic N) is 2. The van der Waals surface area contributed by atoms with Gasteiger partial charge in [0.25, 0.3) is 5.91 Å². The molecule has 0 aromatic carbocycles. The van der Waals surface area contributed by atoms with Crippen molar-refractivity contribution in [1.29, 1.82) is 0 Å². The van der Waals surface area contributed by atoms with Gasteiger partial charge in [0.2, 0.25) is 0 Å². The average Bonchev–Trinajstić information content (AvgIpc) is 2.71. The maximum atomic E-state index is 11.8. The third kappa shape index (κ3) is 5.54. The molecule has 0 saturated carbocycles. The van der Waals surface area contributed by atoms with Gasteiger partial charge < -0.3 is 10.4 Å². The van der Waals surface area contributed by atoms with E-state index in [0.717, 1.165) is 6.42 Å². The van der Waals surface area contributed by atoms with Crippen molar-refractivity contribution in [3.8, 4) is 0 Å². The normalized spacial score (nSPS) is 12.4. The van der Waals surface area contributed by atoms with Gasteiger partial charge in [0, 0.05) is 26.2 Å². The van der Waals surface area contributed by atoms with Gasteiger partial charge in [-0.15, -0.1) is 0 Å². The van der Waals surface area contributed by atoms with E-state index in [1.807, 2.05) is 13.8 Å². The van der Waals surface area contributed by atoms with Gasteiger partial charge in [-0.05, 0) is 18.3 Å². The number of aromatic nitrogens is 2. The van der Waals surface area contributed by atoms with Gasteiger partial charge in [0.1, 0.15) is 0 Å². The maximum Gasteiger partial charge on any atom is 0.303 e. The molecule has 0 aliphatic heterocycles. The molecular formula is C13H21N3O3. The molecule has 2 N–H and O–H groups in total. The Morgan fingerprint density at radius 2 is 2.16 bits per heavy atom. The zero-order valence-electron chi connectivity index (χ0n) is 11.6. The molecule has 1 heterocycles. The summed E-state index contributed by atoms with van der Waals surface area (Å²) in [6, 6.07) is 0. The lowest BCUT2D eigenvalue weighted by Crippen LogP contribution is -2.30. The summed E-state index contributed by atoms with van der Waals surface area (Å²) in [5, 5.41) is 15.5. The van der Waals surface area contributed by atoms with Crippen molar-refractivity contribution >= 4 is 11.9 Å². The average molecular weight is 267 g/mol. The Hall–Kier alpha value is -1.85. The Kier molecular flexibility index (Phi) is 5.54. The highest BCUT2D eigenvalue weighted by Gasteiger charge is 2.17. The van der Waals surface area contributed by atoms with Crippen molar-refractivity contribution < 1.29 is 14.7 Å². The molecule has 0 bridgehead atoms. The Labute approximate surface area is 112 Å². The van der Waals surface area contributed by atoms with Crippen LogP contribution in [0.5, 0.6) is 0 Å². The number of carboxylic acids is 1. The van der Waals surface area contributed by atoms with Crippen molar-refractivity contribution in [2.45, 2.75) is 26.7 Å². The van der Waals surface area contributed by atoms with Gasteiger partial charge in [-0.2, -0.15) is 5.10 Å². The van der Waals surface area contributed by atoms with E-state index in [0.29, 0.717) is 18.0 Å². The van der Waals surface area contributed by atoms with Crippen LogP contribution in [0.2, 0.25) is 0 Å². The number of aliphatic carboxylic acids is 1. The Bertz CT molecular complexity index is 440.